The Morgan fingerprint density at radius 1 is 1.16 bits per heavy atom. The maximum Gasteiger partial charge on any atom is 0.0492 e. The molecule has 0 aliphatic rings. The average Bonchev–Trinajstić information content (AvgIpc) is 2.81. The van der Waals surface area contributed by atoms with E-state index >= 15 is 0 Å². The highest BCUT2D eigenvalue weighted by molar-refractivity contribution is 5.24. The Bertz CT molecular complexity index is 497. The van der Waals surface area contributed by atoms with Crippen LogP contribution in [0.25, 0.3) is 0 Å². The van der Waals surface area contributed by atoms with Gasteiger partial charge >= 0.3 is 0 Å². The van der Waals surface area contributed by atoms with Crippen LogP contribution in [0.2, 0.25) is 0 Å². The molecule has 19 heavy (non-hydrogen) atoms. The van der Waals surface area contributed by atoms with Crippen molar-refractivity contribution < 1.29 is 0 Å². The predicted octanol–water partition coefficient (Wildman–Crippen LogP) is 2.88. The van der Waals surface area contributed by atoms with Crippen molar-refractivity contribution in [3.05, 3.63) is 53.3 Å². The molecule has 102 valence electrons. The van der Waals surface area contributed by atoms with E-state index in [1.54, 1.807) is 0 Å². The Morgan fingerprint density at radius 2 is 1.89 bits per heavy atom. The van der Waals surface area contributed by atoms with Crippen molar-refractivity contribution in [1.82, 2.24) is 15.1 Å². The Kier molecular flexibility index (Phi) is 4.74. The number of nitrogens with zero attached hydrogens (tertiary/aromatic N) is 2. The van der Waals surface area contributed by atoms with E-state index in [1.165, 1.54) is 16.8 Å². The maximum atomic E-state index is 4.17. The Morgan fingerprint density at radius 3 is 2.47 bits per heavy atom. The third-order valence-corrected chi connectivity index (χ3v) is 3.46. The summed E-state index contributed by atoms with van der Waals surface area (Å²) in [6.45, 7) is 6.35. The minimum atomic E-state index is 0.604. The summed E-state index contributed by atoms with van der Waals surface area (Å²) in [5.41, 5.74) is 4.01. The summed E-state index contributed by atoms with van der Waals surface area (Å²) in [7, 11) is 1.99. The SMILES string of the molecule is CC(C)c1ccc(CNCCc2ccnn2C)cc1. The van der Waals surface area contributed by atoms with Crippen molar-refractivity contribution >= 4 is 0 Å². The molecule has 1 aromatic carbocycles. The van der Waals surface area contributed by atoms with E-state index in [-0.39, 0.29) is 0 Å². The number of hydrogen-bond donors (Lipinski definition) is 1. The Labute approximate surface area is 115 Å². The summed E-state index contributed by atoms with van der Waals surface area (Å²) >= 11 is 0. The molecule has 0 unspecified atom stereocenters. The third kappa shape index (κ3) is 3.93. The maximum absolute atomic E-state index is 4.17. The lowest BCUT2D eigenvalue weighted by Crippen LogP contribution is -2.17. The zero-order valence-corrected chi connectivity index (χ0v) is 12.1. The molecule has 1 heterocycles. The fraction of sp³-hybridized carbons (Fsp3) is 0.438. The lowest BCUT2D eigenvalue weighted by atomic mass is 10.0. The topological polar surface area (TPSA) is 29.9 Å². The molecule has 0 aliphatic heterocycles. The van der Waals surface area contributed by atoms with Crippen LogP contribution in [0.1, 0.15) is 36.6 Å². The van der Waals surface area contributed by atoms with Crippen LogP contribution in [0, 0.1) is 0 Å². The van der Waals surface area contributed by atoms with Crippen molar-refractivity contribution in [2.24, 2.45) is 7.05 Å². The van der Waals surface area contributed by atoms with Gasteiger partial charge < -0.3 is 5.32 Å². The van der Waals surface area contributed by atoms with Crippen LogP contribution in [0.5, 0.6) is 0 Å². The molecular weight excluding hydrogens is 234 g/mol. The van der Waals surface area contributed by atoms with Gasteiger partial charge in [-0.25, -0.2) is 0 Å². The summed E-state index contributed by atoms with van der Waals surface area (Å²) in [5.74, 6) is 0.604. The number of aromatic nitrogens is 2. The summed E-state index contributed by atoms with van der Waals surface area (Å²) < 4.78 is 1.93. The summed E-state index contributed by atoms with van der Waals surface area (Å²) in [5, 5.41) is 7.64. The highest BCUT2D eigenvalue weighted by Gasteiger charge is 2.00. The van der Waals surface area contributed by atoms with Gasteiger partial charge in [0.15, 0.2) is 0 Å². The first-order chi connectivity index (χ1) is 9.16. The molecule has 0 radical (unpaired) electrons. The van der Waals surface area contributed by atoms with Gasteiger partial charge in [-0.05, 0) is 23.1 Å². The van der Waals surface area contributed by atoms with E-state index in [0.717, 1.165) is 19.5 Å². The van der Waals surface area contributed by atoms with Gasteiger partial charge in [0.25, 0.3) is 0 Å². The molecule has 0 spiro atoms. The van der Waals surface area contributed by atoms with Crippen LogP contribution < -0.4 is 5.32 Å². The summed E-state index contributed by atoms with van der Waals surface area (Å²) in [6, 6.07) is 10.9. The van der Waals surface area contributed by atoms with Crippen LogP contribution in [-0.2, 0) is 20.0 Å². The molecule has 0 amide bonds. The first-order valence-electron chi connectivity index (χ1n) is 6.93. The third-order valence-electron chi connectivity index (χ3n) is 3.46. The standard InChI is InChI=1S/C16H23N3/c1-13(2)15-6-4-14(5-7-15)12-17-10-8-16-9-11-18-19(16)3/h4-7,9,11,13,17H,8,10,12H2,1-3H3. The van der Waals surface area contributed by atoms with Crippen LogP contribution in [0.15, 0.2) is 36.5 Å². The average molecular weight is 257 g/mol. The van der Waals surface area contributed by atoms with Gasteiger partial charge in [0.05, 0.1) is 0 Å². The normalized spacial score (nSPS) is 11.2. The fourth-order valence-corrected chi connectivity index (χ4v) is 2.12. The van der Waals surface area contributed by atoms with Crippen LogP contribution >= 0.6 is 0 Å². The van der Waals surface area contributed by atoms with E-state index in [0.29, 0.717) is 5.92 Å². The van der Waals surface area contributed by atoms with E-state index in [1.807, 2.05) is 17.9 Å². The van der Waals surface area contributed by atoms with Gasteiger partial charge in [-0.15, -0.1) is 0 Å². The van der Waals surface area contributed by atoms with Gasteiger partial charge in [0, 0.05) is 38.4 Å². The second-order valence-corrected chi connectivity index (χ2v) is 5.27. The van der Waals surface area contributed by atoms with Gasteiger partial charge in [0.2, 0.25) is 0 Å². The Balaban J connectivity index is 1.75. The molecular formula is C16H23N3. The van der Waals surface area contributed by atoms with E-state index in [2.05, 4.69) is 54.6 Å². The molecule has 2 rings (SSSR count). The van der Waals surface area contributed by atoms with Crippen LogP contribution in [0.4, 0.5) is 0 Å². The van der Waals surface area contributed by atoms with Crippen molar-refractivity contribution in [2.75, 3.05) is 6.54 Å². The van der Waals surface area contributed by atoms with E-state index in [4.69, 9.17) is 0 Å². The first kappa shape index (κ1) is 13.8. The number of hydrogen-bond acceptors (Lipinski definition) is 2. The number of rotatable bonds is 6. The lowest BCUT2D eigenvalue weighted by Gasteiger charge is -2.08. The highest BCUT2D eigenvalue weighted by Crippen LogP contribution is 2.14. The number of nitrogens with one attached hydrogen (secondary N) is 1. The van der Waals surface area contributed by atoms with E-state index < -0.39 is 0 Å². The van der Waals surface area contributed by atoms with E-state index in [9.17, 15) is 0 Å². The van der Waals surface area contributed by atoms with Gasteiger partial charge in [-0.3, -0.25) is 4.68 Å². The van der Waals surface area contributed by atoms with Gasteiger partial charge in [-0.1, -0.05) is 38.1 Å². The molecule has 0 aliphatic carbocycles. The summed E-state index contributed by atoms with van der Waals surface area (Å²) in [4.78, 5) is 0. The molecule has 0 saturated heterocycles. The summed E-state index contributed by atoms with van der Waals surface area (Å²) in [6.07, 6.45) is 2.86. The highest BCUT2D eigenvalue weighted by atomic mass is 15.3. The molecule has 1 N–H and O–H groups in total. The zero-order valence-electron chi connectivity index (χ0n) is 12.1. The fourth-order valence-electron chi connectivity index (χ4n) is 2.12. The smallest absolute Gasteiger partial charge is 0.0492 e. The van der Waals surface area contributed by atoms with Gasteiger partial charge in [0.1, 0.15) is 0 Å². The van der Waals surface area contributed by atoms with Crippen molar-refractivity contribution in [1.29, 1.82) is 0 Å². The monoisotopic (exact) mass is 257 g/mol. The largest absolute Gasteiger partial charge is 0.312 e. The minimum Gasteiger partial charge on any atom is -0.312 e. The van der Waals surface area contributed by atoms with Crippen molar-refractivity contribution in [2.45, 2.75) is 32.7 Å². The first-order valence-corrected chi connectivity index (χ1v) is 6.93. The molecule has 3 nitrogen and oxygen atoms in total. The van der Waals surface area contributed by atoms with Crippen LogP contribution in [-0.4, -0.2) is 16.3 Å². The molecule has 0 bridgehead atoms. The molecule has 2 aromatic rings. The lowest BCUT2D eigenvalue weighted by molar-refractivity contribution is 0.643. The minimum absolute atomic E-state index is 0.604. The predicted molar refractivity (Wildman–Crippen MR) is 79.1 cm³/mol. The number of benzene rings is 1. The molecule has 3 heteroatoms. The molecule has 1 aromatic heterocycles. The molecule has 0 fully saturated rings. The second-order valence-electron chi connectivity index (χ2n) is 5.27. The second kappa shape index (κ2) is 6.53. The molecule has 0 atom stereocenters. The van der Waals surface area contributed by atoms with Crippen molar-refractivity contribution in [3.63, 3.8) is 0 Å². The number of aryl methyl sites for hydroxylation is 1. The van der Waals surface area contributed by atoms with Gasteiger partial charge in [-0.2, -0.15) is 5.10 Å². The zero-order chi connectivity index (χ0) is 13.7. The quantitative estimate of drug-likeness (QED) is 0.806. The van der Waals surface area contributed by atoms with Crippen molar-refractivity contribution in [3.8, 4) is 0 Å². The Hall–Kier alpha value is -1.61. The molecule has 0 saturated carbocycles. The van der Waals surface area contributed by atoms with Crippen LogP contribution in [0.3, 0.4) is 0 Å².